The molecular weight excluding hydrogens is 913 g/mol. The lowest BCUT2D eigenvalue weighted by Gasteiger charge is -2.18. The smallest absolute Gasteiger partial charge is 0.306 e. The molecule has 0 amide bonds. The molecule has 0 aromatic carbocycles. The lowest BCUT2D eigenvalue weighted by molar-refractivity contribution is -0.167. The SMILES string of the molecule is CCCC/C=C\CCCCCCCC(=O)OCC(COC(=O)CCCCCCCCCCCCCCCCCCCCCCCCCCCCCCCC)OC(=O)CCCCCCC/C=C\C/C=C\CCCCC. The van der Waals surface area contributed by atoms with Crippen molar-refractivity contribution in [2.24, 2.45) is 0 Å². The molecule has 0 aromatic heterocycles. The minimum Gasteiger partial charge on any atom is -0.462 e. The lowest BCUT2D eigenvalue weighted by atomic mass is 10.0. The van der Waals surface area contributed by atoms with E-state index in [9.17, 15) is 14.4 Å². The van der Waals surface area contributed by atoms with Gasteiger partial charge < -0.3 is 14.2 Å². The van der Waals surface area contributed by atoms with Crippen LogP contribution in [0.2, 0.25) is 0 Å². The summed E-state index contributed by atoms with van der Waals surface area (Å²) >= 11 is 0. The Morgan fingerprint density at radius 2 is 0.500 bits per heavy atom. The van der Waals surface area contributed by atoms with E-state index in [0.29, 0.717) is 19.3 Å². The van der Waals surface area contributed by atoms with Gasteiger partial charge in [0.25, 0.3) is 0 Å². The van der Waals surface area contributed by atoms with Crippen LogP contribution in [-0.2, 0) is 28.6 Å². The predicted octanol–water partition coefficient (Wildman–Crippen LogP) is 22.4. The Morgan fingerprint density at radius 3 is 0.824 bits per heavy atom. The van der Waals surface area contributed by atoms with E-state index in [2.05, 4.69) is 57.2 Å². The minimum absolute atomic E-state index is 0.0769. The van der Waals surface area contributed by atoms with Gasteiger partial charge in [0.1, 0.15) is 13.2 Å². The summed E-state index contributed by atoms with van der Waals surface area (Å²) in [6, 6.07) is 0. The Balaban J connectivity index is 4.09. The van der Waals surface area contributed by atoms with Crippen molar-refractivity contribution in [2.45, 2.75) is 367 Å². The van der Waals surface area contributed by atoms with Gasteiger partial charge in [-0.1, -0.05) is 308 Å². The topological polar surface area (TPSA) is 78.9 Å². The van der Waals surface area contributed by atoms with Gasteiger partial charge >= 0.3 is 17.9 Å². The highest BCUT2D eigenvalue weighted by molar-refractivity contribution is 5.71. The van der Waals surface area contributed by atoms with Crippen LogP contribution in [-0.4, -0.2) is 37.2 Å². The molecule has 0 saturated carbocycles. The van der Waals surface area contributed by atoms with Gasteiger partial charge in [-0.05, 0) is 70.6 Å². The summed E-state index contributed by atoms with van der Waals surface area (Å²) in [6.45, 7) is 6.61. The first-order chi connectivity index (χ1) is 36.5. The van der Waals surface area contributed by atoms with Crippen molar-refractivity contribution in [2.75, 3.05) is 13.2 Å². The summed E-state index contributed by atoms with van der Waals surface area (Å²) in [4.78, 5) is 38.2. The highest BCUT2D eigenvalue weighted by atomic mass is 16.6. The van der Waals surface area contributed by atoms with Crippen LogP contribution in [0.3, 0.4) is 0 Å². The fourth-order valence-electron chi connectivity index (χ4n) is 9.87. The summed E-state index contributed by atoms with van der Waals surface area (Å²) in [5.41, 5.74) is 0. The van der Waals surface area contributed by atoms with E-state index in [0.717, 1.165) is 89.9 Å². The average Bonchev–Trinajstić information content (AvgIpc) is 3.40. The Morgan fingerprint density at radius 1 is 0.270 bits per heavy atom. The van der Waals surface area contributed by atoms with Gasteiger partial charge in [0.2, 0.25) is 0 Å². The molecule has 74 heavy (non-hydrogen) atoms. The van der Waals surface area contributed by atoms with Crippen LogP contribution in [0.25, 0.3) is 0 Å². The molecule has 0 rings (SSSR count). The highest BCUT2D eigenvalue weighted by Gasteiger charge is 2.19. The van der Waals surface area contributed by atoms with Crippen molar-refractivity contribution in [1.82, 2.24) is 0 Å². The first kappa shape index (κ1) is 71.6. The van der Waals surface area contributed by atoms with Gasteiger partial charge in [0.05, 0.1) is 0 Å². The van der Waals surface area contributed by atoms with E-state index in [1.54, 1.807) is 0 Å². The van der Waals surface area contributed by atoms with Gasteiger partial charge in [0.15, 0.2) is 6.10 Å². The first-order valence-electron chi connectivity index (χ1n) is 33.0. The normalized spacial score (nSPS) is 12.2. The van der Waals surface area contributed by atoms with Crippen LogP contribution in [0.1, 0.15) is 361 Å². The predicted molar refractivity (Wildman–Crippen MR) is 321 cm³/mol. The second-order valence-corrected chi connectivity index (χ2v) is 22.4. The summed E-state index contributed by atoms with van der Waals surface area (Å²) in [6.07, 6.45) is 77.5. The van der Waals surface area contributed by atoms with E-state index in [1.807, 2.05) is 0 Å². The fraction of sp³-hybridized carbons (Fsp3) is 0.868. The number of ether oxygens (including phenoxy) is 3. The maximum Gasteiger partial charge on any atom is 0.306 e. The number of rotatable bonds is 61. The van der Waals surface area contributed by atoms with Crippen molar-refractivity contribution in [3.63, 3.8) is 0 Å². The molecule has 0 aliphatic rings. The number of unbranched alkanes of at least 4 members (excludes halogenated alkanes) is 44. The monoisotopic (exact) mass is 1040 g/mol. The molecule has 0 bridgehead atoms. The molecule has 6 nitrogen and oxygen atoms in total. The van der Waals surface area contributed by atoms with Crippen LogP contribution >= 0.6 is 0 Å². The lowest BCUT2D eigenvalue weighted by Crippen LogP contribution is -2.30. The van der Waals surface area contributed by atoms with Crippen LogP contribution in [0, 0.1) is 0 Å². The number of hydrogen-bond donors (Lipinski definition) is 0. The van der Waals surface area contributed by atoms with Crippen molar-refractivity contribution in [3.8, 4) is 0 Å². The van der Waals surface area contributed by atoms with Crippen molar-refractivity contribution in [1.29, 1.82) is 0 Å². The number of carbonyl (C=O) groups is 3. The molecule has 6 heteroatoms. The van der Waals surface area contributed by atoms with Gasteiger partial charge in [-0.15, -0.1) is 0 Å². The summed E-state index contributed by atoms with van der Waals surface area (Å²) in [5, 5.41) is 0. The first-order valence-corrected chi connectivity index (χ1v) is 33.0. The second-order valence-electron chi connectivity index (χ2n) is 22.4. The van der Waals surface area contributed by atoms with E-state index < -0.39 is 6.10 Å². The maximum absolute atomic E-state index is 12.9. The number of hydrogen-bond acceptors (Lipinski definition) is 6. The number of esters is 3. The maximum atomic E-state index is 12.9. The second kappa shape index (κ2) is 63.2. The summed E-state index contributed by atoms with van der Waals surface area (Å²) in [5.74, 6) is -0.882. The fourth-order valence-corrected chi connectivity index (χ4v) is 9.87. The molecule has 0 fully saturated rings. The standard InChI is InChI=1S/C68H126O6/c1-4-7-10-13-16-19-22-24-26-27-28-29-30-31-32-33-34-35-36-37-38-39-40-42-43-46-49-52-55-58-61-67(70)73-64-65(63-72-66(69)60-57-54-51-48-45-21-18-15-12-9-6-3)74-68(71)62-59-56-53-50-47-44-41-25-23-20-17-14-11-8-5-2/h15,17-18,20,25,41,65H,4-14,16,19,21-24,26-40,42-64H2,1-3H3/b18-15-,20-17-,41-25-. The van der Waals surface area contributed by atoms with E-state index in [1.165, 1.54) is 231 Å². The molecule has 0 aromatic rings. The molecule has 0 heterocycles. The van der Waals surface area contributed by atoms with E-state index >= 15 is 0 Å². The molecule has 0 aliphatic heterocycles. The van der Waals surface area contributed by atoms with Gasteiger partial charge in [-0.3, -0.25) is 14.4 Å². The molecule has 0 aliphatic carbocycles. The molecule has 0 radical (unpaired) electrons. The summed E-state index contributed by atoms with van der Waals surface area (Å²) in [7, 11) is 0. The van der Waals surface area contributed by atoms with Crippen molar-refractivity contribution < 1.29 is 28.6 Å². The Bertz CT molecular complexity index is 1240. The van der Waals surface area contributed by atoms with Crippen molar-refractivity contribution in [3.05, 3.63) is 36.5 Å². The largest absolute Gasteiger partial charge is 0.462 e. The Labute approximate surface area is 461 Å². The molecule has 1 unspecified atom stereocenters. The summed E-state index contributed by atoms with van der Waals surface area (Å²) < 4.78 is 16.9. The third kappa shape index (κ3) is 60.5. The van der Waals surface area contributed by atoms with Crippen LogP contribution in [0.5, 0.6) is 0 Å². The van der Waals surface area contributed by atoms with E-state index in [-0.39, 0.29) is 31.1 Å². The van der Waals surface area contributed by atoms with Crippen LogP contribution in [0.4, 0.5) is 0 Å². The minimum atomic E-state index is -0.780. The molecule has 0 N–H and O–H groups in total. The van der Waals surface area contributed by atoms with Crippen LogP contribution in [0.15, 0.2) is 36.5 Å². The molecule has 434 valence electrons. The molecular formula is C68H126O6. The van der Waals surface area contributed by atoms with Gasteiger partial charge in [0, 0.05) is 19.3 Å². The Hall–Kier alpha value is -2.37. The van der Waals surface area contributed by atoms with Crippen molar-refractivity contribution >= 4 is 17.9 Å². The third-order valence-electron chi connectivity index (χ3n) is 14.9. The number of carbonyl (C=O) groups excluding carboxylic acids is 3. The molecule has 0 saturated heterocycles. The zero-order chi connectivity index (χ0) is 53.6. The van der Waals surface area contributed by atoms with Gasteiger partial charge in [-0.2, -0.15) is 0 Å². The average molecular weight is 1040 g/mol. The quantitative estimate of drug-likeness (QED) is 0.0261. The third-order valence-corrected chi connectivity index (χ3v) is 14.9. The highest BCUT2D eigenvalue weighted by Crippen LogP contribution is 2.18. The van der Waals surface area contributed by atoms with Crippen LogP contribution < -0.4 is 0 Å². The Kier molecular flexibility index (Phi) is 61.1. The zero-order valence-electron chi connectivity index (χ0n) is 49.9. The van der Waals surface area contributed by atoms with Gasteiger partial charge in [-0.25, -0.2) is 0 Å². The van der Waals surface area contributed by atoms with E-state index in [4.69, 9.17) is 14.2 Å². The number of allylic oxidation sites excluding steroid dienone is 6. The molecule has 0 spiro atoms. The molecule has 1 atom stereocenters. The zero-order valence-corrected chi connectivity index (χ0v) is 49.9.